The number of likely N-dealkylation sites (tertiary alicyclic amines) is 1. The molecule has 114 valence electrons. The van der Waals surface area contributed by atoms with Crippen LogP contribution in [0.4, 0.5) is 0 Å². The fraction of sp³-hybridized carbons (Fsp3) is 0.833. The van der Waals surface area contributed by atoms with E-state index >= 15 is 0 Å². The van der Waals surface area contributed by atoms with Crippen LogP contribution in [0.15, 0.2) is 0 Å². The molecule has 0 radical (unpaired) electrons. The molecule has 0 aromatic rings. The van der Waals surface area contributed by atoms with Gasteiger partial charge in [0.05, 0.1) is 12.2 Å². The summed E-state index contributed by atoms with van der Waals surface area (Å²) in [5.41, 5.74) is 0. The van der Waals surface area contributed by atoms with E-state index in [-0.39, 0.29) is 30.8 Å². The molecule has 2 amide bonds. The van der Waals surface area contributed by atoms with E-state index < -0.39 is 10.0 Å². The summed E-state index contributed by atoms with van der Waals surface area (Å²) < 4.78 is 23.6. The molecule has 2 aliphatic heterocycles. The van der Waals surface area contributed by atoms with Crippen LogP contribution >= 0.6 is 0 Å². The Morgan fingerprint density at radius 1 is 1.40 bits per heavy atom. The van der Waals surface area contributed by atoms with Gasteiger partial charge in [-0.2, -0.15) is 0 Å². The molecule has 2 saturated heterocycles. The SMILES string of the molecule is CS(=O)(=O)N1CC(C(=O)NCCCN2CCCC2=O)C1. The zero-order valence-electron chi connectivity index (χ0n) is 11.7. The standard InChI is InChI=1S/C12H21N3O4S/c1-20(18,19)15-8-10(9-15)12(17)13-5-3-7-14-6-2-4-11(14)16/h10H,2-9H2,1H3,(H,13,17). The Balaban J connectivity index is 1.59. The maximum Gasteiger partial charge on any atom is 0.225 e. The Morgan fingerprint density at radius 2 is 2.10 bits per heavy atom. The van der Waals surface area contributed by atoms with Crippen molar-refractivity contribution in [2.45, 2.75) is 19.3 Å². The second-order valence-electron chi connectivity index (χ2n) is 5.41. The second-order valence-corrected chi connectivity index (χ2v) is 7.39. The number of nitrogens with one attached hydrogen (secondary N) is 1. The summed E-state index contributed by atoms with van der Waals surface area (Å²) in [6.45, 7) is 2.57. The summed E-state index contributed by atoms with van der Waals surface area (Å²) in [4.78, 5) is 24.9. The Hall–Kier alpha value is -1.15. The van der Waals surface area contributed by atoms with Crippen LogP contribution in [0.5, 0.6) is 0 Å². The number of sulfonamides is 1. The minimum absolute atomic E-state index is 0.0994. The van der Waals surface area contributed by atoms with Crippen LogP contribution in [0.3, 0.4) is 0 Å². The van der Waals surface area contributed by atoms with Gasteiger partial charge in [0.2, 0.25) is 21.8 Å². The molecule has 0 aromatic carbocycles. The maximum atomic E-state index is 11.7. The van der Waals surface area contributed by atoms with E-state index in [0.29, 0.717) is 19.5 Å². The fourth-order valence-corrected chi connectivity index (χ4v) is 3.34. The van der Waals surface area contributed by atoms with Gasteiger partial charge in [-0.05, 0) is 12.8 Å². The highest BCUT2D eigenvalue weighted by Crippen LogP contribution is 2.18. The third kappa shape index (κ3) is 3.69. The minimum atomic E-state index is -3.17. The predicted molar refractivity (Wildman–Crippen MR) is 73.3 cm³/mol. The molecule has 0 atom stereocenters. The molecule has 2 fully saturated rings. The van der Waals surface area contributed by atoms with Gasteiger partial charge in [0.15, 0.2) is 0 Å². The van der Waals surface area contributed by atoms with E-state index in [0.717, 1.165) is 25.6 Å². The van der Waals surface area contributed by atoms with Crippen molar-refractivity contribution in [1.82, 2.24) is 14.5 Å². The first kappa shape index (κ1) is 15.2. The molecule has 0 saturated carbocycles. The summed E-state index contributed by atoms with van der Waals surface area (Å²) in [5, 5.41) is 2.80. The third-order valence-electron chi connectivity index (χ3n) is 3.76. The number of carbonyl (C=O) groups is 2. The number of hydrogen-bond acceptors (Lipinski definition) is 4. The van der Waals surface area contributed by atoms with Crippen LogP contribution in [0, 0.1) is 5.92 Å². The second kappa shape index (κ2) is 6.09. The number of amides is 2. The van der Waals surface area contributed by atoms with Gasteiger partial charge in [0.1, 0.15) is 0 Å². The van der Waals surface area contributed by atoms with Crippen LogP contribution in [0.25, 0.3) is 0 Å². The van der Waals surface area contributed by atoms with Crippen molar-refractivity contribution >= 4 is 21.8 Å². The predicted octanol–water partition coefficient (Wildman–Crippen LogP) is -0.993. The van der Waals surface area contributed by atoms with Crippen molar-refractivity contribution in [3.05, 3.63) is 0 Å². The lowest BCUT2D eigenvalue weighted by Gasteiger charge is -2.35. The lowest BCUT2D eigenvalue weighted by Crippen LogP contribution is -2.55. The van der Waals surface area contributed by atoms with Gasteiger partial charge >= 0.3 is 0 Å². The molecule has 2 rings (SSSR count). The zero-order chi connectivity index (χ0) is 14.8. The van der Waals surface area contributed by atoms with Crippen LogP contribution < -0.4 is 5.32 Å². The number of nitrogens with zero attached hydrogens (tertiary/aromatic N) is 2. The minimum Gasteiger partial charge on any atom is -0.356 e. The Kier molecular flexibility index (Phi) is 4.64. The third-order valence-corrected chi connectivity index (χ3v) is 5.00. The molecule has 0 bridgehead atoms. The van der Waals surface area contributed by atoms with E-state index in [2.05, 4.69) is 5.32 Å². The fourth-order valence-electron chi connectivity index (χ4n) is 2.44. The summed E-state index contributed by atoms with van der Waals surface area (Å²) in [7, 11) is -3.17. The van der Waals surface area contributed by atoms with E-state index in [1.54, 1.807) is 0 Å². The summed E-state index contributed by atoms with van der Waals surface area (Å²) in [6.07, 6.45) is 3.44. The van der Waals surface area contributed by atoms with Crippen LogP contribution in [-0.2, 0) is 19.6 Å². The number of rotatable bonds is 6. The highest BCUT2D eigenvalue weighted by molar-refractivity contribution is 7.88. The normalized spacial score (nSPS) is 21.1. The maximum absolute atomic E-state index is 11.7. The van der Waals surface area contributed by atoms with Crippen molar-refractivity contribution in [1.29, 1.82) is 0 Å². The largest absolute Gasteiger partial charge is 0.356 e. The summed E-state index contributed by atoms with van der Waals surface area (Å²) >= 11 is 0. The van der Waals surface area contributed by atoms with Crippen molar-refractivity contribution in [2.75, 3.05) is 39.0 Å². The van der Waals surface area contributed by atoms with Gasteiger partial charge in [-0.15, -0.1) is 0 Å². The molecule has 0 spiro atoms. The lowest BCUT2D eigenvalue weighted by molar-refractivity contribution is -0.128. The molecule has 2 aliphatic rings. The molecule has 20 heavy (non-hydrogen) atoms. The first-order chi connectivity index (χ1) is 9.38. The van der Waals surface area contributed by atoms with E-state index in [1.807, 2.05) is 4.90 Å². The van der Waals surface area contributed by atoms with Crippen LogP contribution in [-0.4, -0.2) is 68.4 Å². The molecule has 8 heteroatoms. The monoisotopic (exact) mass is 303 g/mol. The van der Waals surface area contributed by atoms with Crippen molar-refractivity contribution in [3.63, 3.8) is 0 Å². The molecular weight excluding hydrogens is 282 g/mol. The highest BCUT2D eigenvalue weighted by atomic mass is 32.2. The quantitative estimate of drug-likeness (QED) is 0.638. The van der Waals surface area contributed by atoms with Crippen LogP contribution in [0.2, 0.25) is 0 Å². The molecule has 0 unspecified atom stereocenters. The molecule has 0 aromatic heterocycles. The Bertz CT molecular complexity index is 485. The van der Waals surface area contributed by atoms with Gasteiger partial charge < -0.3 is 10.2 Å². The highest BCUT2D eigenvalue weighted by Gasteiger charge is 2.37. The van der Waals surface area contributed by atoms with Gasteiger partial charge in [0, 0.05) is 39.1 Å². The molecule has 1 N–H and O–H groups in total. The lowest BCUT2D eigenvalue weighted by atomic mass is 10.0. The van der Waals surface area contributed by atoms with E-state index in [1.165, 1.54) is 4.31 Å². The topological polar surface area (TPSA) is 86.8 Å². The Labute approximate surface area is 119 Å². The van der Waals surface area contributed by atoms with E-state index in [9.17, 15) is 18.0 Å². The average Bonchev–Trinajstić information content (AvgIpc) is 2.66. The van der Waals surface area contributed by atoms with Gasteiger partial charge in [-0.3, -0.25) is 9.59 Å². The van der Waals surface area contributed by atoms with E-state index in [4.69, 9.17) is 0 Å². The molecule has 2 heterocycles. The zero-order valence-corrected chi connectivity index (χ0v) is 12.5. The Morgan fingerprint density at radius 3 is 2.65 bits per heavy atom. The van der Waals surface area contributed by atoms with Gasteiger partial charge in [-0.1, -0.05) is 0 Å². The molecular formula is C12H21N3O4S. The first-order valence-electron chi connectivity index (χ1n) is 6.88. The van der Waals surface area contributed by atoms with Gasteiger partial charge in [-0.25, -0.2) is 12.7 Å². The average molecular weight is 303 g/mol. The summed E-state index contributed by atoms with van der Waals surface area (Å²) in [5.74, 6) is -0.144. The van der Waals surface area contributed by atoms with Crippen molar-refractivity contribution in [3.8, 4) is 0 Å². The number of carbonyl (C=O) groups excluding carboxylic acids is 2. The van der Waals surface area contributed by atoms with Gasteiger partial charge in [0.25, 0.3) is 0 Å². The van der Waals surface area contributed by atoms with Crippen molar-refractivity contribution < 1.29 is 18.0 Å². The molecule has 7 nitrogen and oxygen atoms in total. The summed E-state index contributed by atoms with van der Waals surface area (Å²) in [6, 6.07) is 0. The van der Waals surface area contributed by atoms with Crippen molar-refractivity contribution in [2.24, 2.45) is 5.92 Å². The first-order valence-corrected chi connectivity index (χ1v) is 8.73. The van der Waals surface area contributed by atoms with Crippen LogP contribution in [0.1, 0.15) is 19.3 Å². The molecule has 0 aliphatic carbocycles. The number of hydrogen-bond donors (Lipinski definition) is 1. The smallest absolute Gasteiger partial charge is 0.225 e.